The molecule has 0 unspecified atom stereocenters. The number of rotatable bonds is 9. The second kappa shape index (κ2) is 21.5. The lowest BCUT2D eigenvalue weighted by atomic mass is 9.33. The van der Waals surface area contributed by atoms with Crippen molar-refractivity contribution in [3.63, 3.8) is 0 Å². The van der Waals surface area contributed by atoms with Crippen molar-refractivity contribution in [1.29, 1.82) is 10.5 Å². The Morgan fingerprint density at radius 2 is 0.744 bits per heavy atom. The summed E-state index contributed by atoms with van der Waals surface area (Å²) in [5, 5.41) is 21.8. The van der Waals surface area contributed by atoms with Crippen LogP contribution in [0.3, 0.4) is 0 Å². The molecular weight excluding hydrogens is 1110 g/mol. The summed E-state index contributed by atoms with van der Waals surface area (Å²) < 4.78 is 47.5. The zero-order chi connectivity index (χ0) is 60.6. The fraction of sp³-hybridized carbons (Fsp3) is 0.0123. The second-order valence-electron chi connectivity index (χ2n) is 22.9. The van der Waals surface area contributed by atoms with Crippen LogP contribution in [0.5, 0.6) is 0 Å². The Hall–Kier alpha value is -11.9. The van der Waals surface area contributed by atoms with Gasteiger partial charge < -0.3 is 14.4 Å². The summed E-state index contributed by atoms with van der Waals surface area (Å²) in [5.74, 6) is 0. The van der Waals surface area contributed by atoms with E-state index in [-0.39, 0.29) is 29.0 Å². The molecule has 0 spiro atoms. The molecule has 0 saturated heterocycles. The Kier molecular flexibility index (Phi) is 12.8. The monoisotopic (exact) mass is 1160 g/mol. The molecule has 0 atom stereocenters. The molecule has 0 aliphatic carbocycles. The fourth-order valence-electron chi connectivity index (χ4n) is 13.8. The minimum atomic E-state index is -4.80. The summed E-state index contributed by atoms with van der Waals surface area (Å²) in [6, 6.07) is 105. The number of aromatic nitrogens is 1. The Morgan fingerprint density at radius 1 is 0.311 bits per heavy atom. The number of alkyl halides is 3. The van der Waals surface area contributed by atoms with Gasteiger partial charge in [0.15, 0.2) is 0 Å². The van der Waals surface area contributed by atoms with Crippen LogP contribution in [-0.4, -0.2) is 11.3 Å². The largest absolute Gasteiger partial charge is 0.417 e. The van der Waals surface area contributed by atoms with Crippen LogP contribution in [0.25, 0.3) is 94.3 Å². The standard InChI is InChI=1S/C81H49BF3N5/c83-81(84,85)70-40-53(51-87)33-36-66(70)68-39-52(50-86)34-37-74(68)90-73-30-16-13-27-67(73)69-47-58(35-38-75(69)90)63-48-78-80-79(49-63)89(65-45-61(56-23-9-3-10-24-56)42-62(46-65)57-25-11-4-12-26-57)77-32-18-15-29-72(77)82(80)71-28-14-17-31-76(71)88(78)64-43-59(54-19-5-1-6-20-54)41-60(44-64)55-21-7-2-8-22-55/h1-49H. The predicted octanol–water partition coefficient (Wildman–Crippen LogP) is 19.6. The van der Waals surface area contributed by atoms with Crippen LogP contribution in [0.15, 0.2) is 297 Å². The molecule has 0 saturated carbocycles. The molecular formula is C81H49BF3N5. The van der Waals surface area contributed by atoms with Crippen molar-refractivity contribution in [3.05, 3.63) is 314 Å². The number of para-hydroxylation sites is 3. The van der Waals surface area contributed by atoms with Crippen molar-refractivity contribution < 1.29 is 13.2 Å². The van der Waals surface area contributed by atoms with Gasteiger partial charge in [0.25, 0.3) is 6.71 Å². The molecule has 14 aromatic rings. The number of hydrogen-bond donors (Lipinski definition) is 0. The van der Waals surface area contributed by atoms with Gasteiger partial charge in [-0.3, -0.25) is 0 Å². The zero-order valence-corrected chi connectivity index (χ0v) is 48.2. The number of halogens is 3. The molecule has 0 amide bonds. The molecule has 3 heterocycles. The van der Waals surface area contributed by atoms with Gasteiger partial charge >= 0.3 is 6.18 Å². The van der Waals surface area contributed by atoms with Crippen LogP contribution in [0, 0.1) is 22.7 Å². The normalized spacial score (nSPS) is 12.3. The van der Waals surface area contributed by atoms with E-state index in [1.54, 1.807) is 12.1 Å². The third-order valence-electron chi connectivity index (χ3n) is 17.8. The molecule has 0 N–H and O–H groups in total. The van der Waals surface area contributed by atoms with Crippen molar-refractivity contribution >= 4 is 79.0 Å². The van der Waals surface area contributed by atoms with Gasteiger partial charge in [-0.2, -0.15) is 23.7 Å². The smallest absolute Gasteiger partial charge is 0.311 e. The molecule has 16 rings (SSSR count). The summed E-state index contributed by atoms with van der Waals surface area (Å²) >= 11 is 0. The number of anilines is 6. The molecule has 0 bridgehead atoms. The fourth-order valence-corrected chi connectivity index (χ4v) is 13.8. The van der Waals surface area contributed by atoms with E-state index in [1.165, 1.54) is 29.1 Å². The van der Waals surface area contributed by atoms with Gasteiger partial charge in [-0.05, 0) is 187 Å². The van der Waals surface area contributed by atoms with Gasteiger partial charge in [0.2, 0.25) is 0 Å². The number of benzene rings is 13. The Morgan fingerprint density at radius 3 is 1.24 bits per heavy atom. The molecule has 1 aromatic heterocycles. The number of fused-ring (bicyclic) bond motifs is 7. The van der Waals surface area contributed by atoms with Gasteiger partial charge in [-0.1, -0.05) is 188 Å². The first-order chi connectivity index (χ1) is 44.2. The van der Waals surface area contributed by atoms with E-state index in [2.05, 4.69) is 259 Å². The molecule has 0 radical (unpaired) electrons. The first-order valence-corrected chi connectivity index (χ1v) is 29.9. The van der Waals surface area contributed by atoms with E-state index in [0.717, 1.165) is 123 Å². The van der Waals surface area contributed by atoms with Crippen molar-refractivity contribution in [1.82, 2.24) is 4.57 Å². The average Bonchev–Trinajstić information content (AvgIpc) is 0.794. The lowest BCUT2D eigenvalue weighted by molar-refractivity contribution is -0.137. The maximum atomic E-state index is 15.2. The Bertz CT molecular complexity index is 4970. The van der Waals surface area contributed by atoms with Gasteiger partial charge in [0.05, 0.1) is 45.5 Å². The lowest BCUT2D eigenvalue weighted by Crippen LogP contribution is -2.61. The second-order valence-corrected chi connectivity index (χ2v) is 22.9. The highest BCUT2D eigenvalue weighted by Gasteiger charge is 2.44. The first-order valence-electron chi connectivity index (χ1n) is 29.9. The van der Waals surface area contributed by atoms with E-state index in [9.17, 15) is 10.5 Å². The quantitative estimate of drug-likeness (QED) is 0.135. The lowest BCUT2D eigenvalue weighted by Gasteiger charge is -2.44. The summed E-state index contributed by atoms with van der Waals surface area (Å²) in [5.41, 5.74) is 21.5. The molecule has 90 heavy (non-hydrogen) atoms. The number of nitriles is 2. The Labute approximate surface area is 519 Å². The van der Waals surface area contributed by atoms with Crippen LogP contribution in [0.4, 0.5) is 47.3 Å². The van der Waals surface area contributed by atoms with Gasteiger partial charge in [-0.25, -0.2) is 0 Å². The van der Waals surface area contributed by atoms with Crippen LogP contribution in [0.1, 0.15) is 16.7 Å². The highest BCUT2D eigenvalue weighted by molar-refractivity contribution is 7.00. The van der Waals surface area contributed by atoms with Crippen LogP contribution >= 0.6 is 0 Å². The average molecular weight is 1160 g/mol. The highest BCUT2D eigenvalue weighted by atomic mass is 19.4. The minimum absolute atomic E-state index is 0.116. The van der Waals surface area contributed by atoms with Crippen LogP contribution < -0.4 is 26.2 Å². The van der Waals surface area contributed by atoms with Gasteiger partial charge in [0.1, 0.15) is 0 Å². The molecule has 0 fully saturated rings. The minimum Gasteiger partial charge on any atom is -0.311 e. The topological polar surface area (TPSA) is 59.0 Å². The van der Waals surface area contributed by atoms with Gasteiger partial charge in [-0.15, -0.1) is 0 Å². The summed E-state index contributed by atoms with van der Waals surface area (Å²) in [7, 11) is 0. The maximum Gasteiger partial charge on any atom is 0.417 e. The molecule has 2 aliphatic heterocycles. The molecule has 13 aromatic carbocycles. The summed E-state index contributed by atoms with van der Waals surface area (Å²) in [4.78, 5) is 4.92. The van der Waals surface area contributed by atoms with Crippen molar-refractivity contribution in [2.24, 2.45) is 0 Å². The van der Waals surface area contributed by atoms with E-state index in [1.807, 2.05) is 28.8 Å². The number of nitrogens with zero attached hydrogens (tertiary/aromatic N) is 5. The molecule has 2 aliphatic rings. The first kappa shape index (κ1) is 53.6. The number of hydrogen-bond acceptors (Lipinski definition) is 4. The zero-order valence-electron chi connectivity index (χ0n) is 48.2. The van der Waals surface area contributed by atoms with Crippen LogP contribution in [-0.2, 0) is 6.18 Å². The Balaban J connectivity index is 0.984. The third-order valence-corrected chi connectivity index (χ3v) is 17.8. The van der Waals surface area contributed by atoms with E-state index < -0.39 is 11.7 Å². The summed E-state index contributed by atoms with van der Waals surface area (Å²) in [6.07, 6.45) is -4.80. The van der Waals surface area contributed by atoms with Gasteiger partial charge in [0, 0.05) is 50.5 Å². The maximum absolute atomic E-state index is 15.2. The highest BCUT2D eigenvalue weighted by Crippen LogP contribution is 2.50. The third kappa shape index (κ3) is 9.02. The molecule has 422 valence electrons. The SMILES string of the molecule is N#Cc1ccc(-n2c3ccccc3c3cc(-c4cc5c6c(c4)N(c4cc(-c7ccccc7)cc(-c7ccccc7)c4)c4ccccc4B6c4ccccc4N5c4cc(-c5ccccc5)cc(-c5ccccc5)c4)ccc32)c(-c2ccc(C#N)cc2C(F)(F)F)c1. The van der Waals surface area contributed by atoms with E-state index in [4.69, 9.17) is 0 Å². The van der Waals surface area contributed by atoms with Crippen molar-refractivity contribution in [2.75, 3.05) is 9.80 Å². The summed E-state index contributed by atoms with van der Waals surface area (Å²) in [6.45, 7) is -0.170. The molecule has 5 nitrogen and oxygen atoms in total. The molecule has 9 heteroatoms. The van der Waals surface area contributed by atoms with Crippen LogP contribution in [0.2, 0.25) is 0 Å². The predicted molar refractivity (Wildman–Crippen MR) is 362 cm³/mol. The van der Waals surface area contributed by atoms with E-state index >= 15 is 13.2 Å². The van der Waals surface area contributed by atoms with E-state index in [0.29, 0.717) is 5.69 Å². The van der Waals surface area contributed by atoms with Crippen molar-refractivity contribution in [2.45, 2.75) is 6.18 Å². The van der Waals surface area contributed by atoms with Crippen molar-refractivity contribution in [3.8, 4) is 84.6 Å².